The van der Waals surface area contributed by atoms with E-state index in [-0.39, 0.29) is 24.7 Å². The van der Waals surface area contributed by atoms with Crippen molar-refractivity contribution in [2.24, 2.45) is 5.73 Å². The van der Waals surface area contributed by atoms with Gasteiger partial charge in [-0.2, -0.15) is 4.31 Å². The molecule has 1 aromatic rings. The second kappa shape index (κ2) is 7.53. The third kappa shape index (κ3) is 5.11. The monoisotopic (exact) mass is 313 g/mol. The average Bonchev–Trinajstić information content (AvgIpc) is 2.43. The van der Waals surface area contributed by atoms with Crippen LogP contribution in [0.2, 0.25) is 0 Å². The van der Waals surface area contributed by atoms with E-state index in [4.69, 9.17) is 5.73 Å². The highest BCUT2D eigenvalue weighted by Gasteiger charge is 2.24. The Labute approximate surface area is 126 Å². The lowest BCUT2D eigenvalue weighted by molar-refractivity contribution is -0.128. The molecule has 7 heteroatoms. The minimum Gasteiger partial charge on any atom is -0.348 e. The van der Waals surface area contributed by atoms with E-state index >= 15 is 0 Å². The lowest BCUT2D eigenvalue weighted by Gasteiger charge is -2.22. The number of nitrogens with two attached hydrogens (primary N) is 1. The predicted molar refractivity (Wildman–Crippen MR) is 82.9 cm³/mol. The van der Waals surface area contributed by atoms with Crippen molar-refractivity contribution in [3.05, 3.63) is 35.4 Å². The Hall–Kier alpha value is -1.44. The summed E-state index contributed by atoms with van der Waals surface area (Å²) in [5.74, 6) is -0.369. The summed E-state index contributed by atoms with van der Waals surface area (Å²) < 4.78 is 26.0. The second-order valence-corrected chi connectivity index (χ2v) is 6.96. The van der Waals surface area contributed by atoms with Gasteiger partial charge in [-0.3, -0.25) is 4.79 Å². The molecule has 6 nitrogen and oxygen atoms in total. The number of nitrogens with zero attached hydrogens (tertiary/aromatic N) is 2. The minimum absolute atomic E-state index is 0.130. The molecule has 2 N–H and O–H groups in total. The van der Waals surface area contributed by atoms with Crippen molar-refractivity contribution in [3.63, 3.8) is 0 Å². The highest BCUT2D eigenvalue weighted by molar-refractivity contribution is 7.88. The number of likely N-dealkylation sites (N-methyl/N-ethyl adjacent to an activating group) is 2. The first-order chi connectivity index (χ1) is 9.80. The molecule has 0 saturated heterocycles. The van der Waals surface area contributed by atoms with Gasteiger partial charge in [-0.1, -0.05) is 31.2 Å². The van der Waals surface area contributed by atoms with E-state index in [2.05, 4.69) is 0 Å². The molecular weight excluding hydrogens is 290 g/mol. The molecule has 0 unspecified atom stereocenters. The number of rotatable bonds is 7. The normalized spacial score (nSPS) is 11.7. The zero-order chi connectivity index (χ0) is 16.0. The fraction of sp³-hybridized carbons (Fsp3) is 0.500. The fourth-order valence-electron chi connectivity index (χ4n) is 1.85. The standard InChI is InChI=1S/C14H23N3O3S/c1-4-17(10-14(18)16(2)3)21(19,20)11-13-7-5-6-12(8-13)9-15/h5-8H,4,9-11,15H2,1-3H3. The van der Waals surface area contributed by atoms with Crippen LogP contribution in [-0.4, -0.2) is 50.7 Å². The van der Waals surface area contributed by atoms with Crippen LogP contribution in [0, 0.1) is 0 Å². The summed E-state index contributed by atoms with van der Waals surface area (Å²) in [6, 6.07) is 7.16. The number of hydrogen-bond acceptors (Lipinski definition) is 4. The zero-order valence-corrected chi connectivity index (χ0v) is 13.6. The van der Waals surface area contributed by atoms with E-state index in [9.17, 15) is 13.2 Å². The van der Waals surface area contributed by atoms with Crippen molar-refractivity contribution in [1.82, 2.24) is 9.21 Å². The Bertz CT molecular complexity index is 585. The summed E-state index contributed by atoms with van der Waals surface area (Å²) in [5.41, 5.74) is 7.12. The van der Waals surface area contributed by atoms with Gasteiger partial charge in [0.15, 0.2) is 0 Å². The number of benzene rings is 1. The lowest BCUT2D eigenvalue weighted by atomic mass is 10.1. The number of sulfonamides is 1. The van der Waals surface area contributed by atoms with Gasteiger partial charge in [0, 0.05) is 27.2 Å². The van der Waals surface area contributed by atoms with E-state index in [1.807, 2.05) is 6.07 Å². The van der Waals surface area contributed by atoms with Gasteiger partial charge < -0.3 is 10.6 Å². The van der Waals surface area contributed by atoms with Crippen molar-refractivity contribution in [2.75, 3.05) is 27.2 Å². The molecule has 0 aromatic heterocycles. The SMILES string of the molecule is CCN(CC(=O)N(C)C)S(=O)(=O)Cc1cccc(CN)c1. The molecule has 0 aliphatic heterocycles. The first-order valence-electron chi connectivity index (χ1n) is 6.76. The van der Waals surface area contributed by atoms with Gasteiger partial charge in [-0.15, -0.1) is 0 Å². The van der Waals surface area contributed by atoms with E-state index in [0.29, 0.717) is 12.1 Å². The van der Waals surface area contributed by atoms with Crippen molar-refractivity contribution in [3.8, 4) is 0 Å². The quantitative estimate of drug-likeness (QED) is 0.789. The highest BCUT2D eigenvalue weighted by Crippen LogP contribution is 2.13. The smallest absolute Gasteiger partial charge is 0.237 e. The van der Waals surface area contributed by atoms with Crippen molar-refractivity contribution in [2.45, 2.75) is 19.2 Å². The van der Waals surface area contributed by atoms with E-state index in [0.717, 1.165) is 5.56 Å². The van der Waals surface area contributed by atoms with E-state index in [1.165, 1.54) is 9.21 Å². The summed E-state index contributed by atoms with van der Waals surface area (Å²) in [6.07, 6.45) is 0. The van der Waals surface area contributed by atoms with Crippen molar-refractivity contribution >= 4 is 15.9 Å². The van der Waals surface area contributed by atoms with E-state index in [1.54, 1.807) is 39.2 Å². The summed E-state index contributed by atoms with van der Waals surface area (Å²) in [4.78, 5) is 13.1. The van der Waals surface area contributed by atoms with Crippen LogP contribution < -0.4 is 5.73 Å². The molecule has 1 rings (SSSR count). The first-order valence-corrected chi connectivity index (χ1v) is 8.37. The molecule has 0 atom stereocenters. The largest absolute Gasteiger partial charge is 0.348 e. The van der Waals surface area contributed by atoms with Crippen LogP contribution >= 0.6 is 0 Å². The Morgan fingerprint density at radius 2 is 1.86 bits per heavy atom. The molecule has 0 fully saturated rings. The Balaban J connectivity index is 2.89. The van der Waals surface area contributed by atoms with Crippen LogP contribution in [0.5, 0.6) is 0 Å². The van der Waals surface area contributed by atoms with Crippen molar-refractivity contribution in [1.29, 1.82) is 0 Å². The maximum absolute atomic E-state index is 12.4. The molecule has 0 radical (unpaired) electrons. The van der Waals surface area contributed by atoms with Crippen LogP contribution in [0.25, 0.3) is 0 Å². The van der Waals surface area contributed by atoms with Crippen LogP contribution in [0.4, 0.5) is 0 Å². The highest BCUT2D eigenvalue weighted by atomic mass is 32.2. The Kier molecular flexibility index (Phi) is 6.32. The van der Waals surface area contributed by atoms with Gasteiger partial charge in [-0.25, -0.2) is 8.42 Å². The lowest BCUT2D eigenvalue weighted by Crippen LogP contribution is -2.40. The molecule has 1 amide bonds. The molecule has 0 saturated carbocycles. The maximum atomic E-state index is 12.4. The molecule has 0 aliphatic carbocycles. The third-order valence-corrected chi connectivity index (χ3v) is 5.00. The number of carbonyl (C=O) groups excluding carboxylic acids is 1. The summed E-state index contributed by atoms with van der Waals surface area (Å²) in [7, 11) is -0.325. The van der Waals surface area contributed by atoms with Gasteiger partial charge in [-0.05, 0) is 11.1 Å². The molecule has 21 heavy (non-hydrogen) atoms. The average molecular weight is 313 g/mol. The maximum Gasteiger partial charge on any atom is 0.237 e. The van der Waals surface area contributed by atoms with Gasteiger partial charge in [0.2, 0.25) is 15.9 Å². The minimum atomic E-state index is -3.53. The van der Waals surface area contributed by atoms with Crippen LogP contribution in [0.1, 0.15) is 18.1 Å². The first kappa shape index (κ1) is 17.6. The number of hydrogen-bond donors (Lipinski definition) is 1. The summed E-state index contributed by atoms with van der Waals surface area (Å²) in [6.45, 7) is 2.21. The fourth-order valence-corrected chi connectivity index (χ4v) is 3.33. The summed E-state index contributed by atoms with van der Waals surface area (Å²) >= 11 is 0. The second-order valence-electron chi connectivity index (χ2n) is 4.99. The zero-order valence-electron chi connectivity index (χ0n) is 12.7. The third-order valence-electron chi connectivity index (χ3n) is 3.13. The molecular formula is C14H23N3O3S. The molecule has 118 valence electrons. The van der Waals surface area contributed by atoms with Gasteiger partial charge in [0.05, 0.1) is 12.3 Å². The molecule has 0 spiro atoms. The van der Waals surface area contributed by atoms with Crippen molar-refractivity contribution < 1.29 is 13.2 Å². The van der Waals surface area contributed by atoms with Crippen LogP contribution in [-0.2, 0) is 27.1 Å². The van der Waals surface area contributed by atoms with Crippen LogP contribution in [0.15, 0.2) is 24.3 Å². The molecule has 0 aliphatic rings. The topological polar surface area (TPSA) is 83.7 Å². The number of amides is 1. The number of carbonyl (C=O) groups is 1. The van der Waals surface area contributed by atoms with Crippen LogP contribution in [0.3, 0.4) is 0 Å². The summed E-state index contributed by atoms with van der Waals surface area (Å²) in [5, 5.41) is 0. The van der Waals surface area contributed by atoms with Gasteiger partial charge in [0.25, 0.3) is 0 Å². The molecule has 0 heterocycles. The molecule has 0 bridgehead atoms. The Morgan fingerprint density at radius 1 is 1.24 bits per heavy atom. The Morgan fingerprint density at radius 3 is 2.38 bits per heavy atom. The van der Waals surface area contributed by atoms with Gasteiger partial charge in [0.1, 0.15) is 0 Å². The van der Waals surface area contributed by atoms with Gasteiger partial charge >= 0.3 is 0 Å². The molecule has 1 aromatic carbocycles. The van der Waals surface area contributed by atoms with E-state index < -0.39 is 10.0 Å². The predicted octanol–water partition coefficient (Wildman–Crippen LogP) is 0.385.